The lowest BCUT2D eigenvalue weighted by molar-refractivity contribution is -0.291. The van der Waals surface area contributed by atoms with E-state index in [0.717, 1.165) is 50.7 Å². The van der Waals surface area contributed by atoms with Crippen LogP contribution in [0.5, 0.6) is 0 Å². The minimum Gasteiger partial charge on any atom is -0.356 e. The molecule has 0 saturated carbocycles. The molecule has 0 aromatic heterocycles. The van der Waals surface area contributed by atoms with Crippen molar-refractivity contribution in [3.05, 3.63) is 0 Å². The van der Waals surface area contributed by atoms with Gasteiger partial charge in [-0.05, 0) is 12.8 Å². The highest BCUT2D eigenvalue weighted by molar-refractivity contribution is 8.13. The zero-order valence-electron chi connectivity index (χ0n) is 12.8. The molecule has 0 aliphatic heterocycles. The predicted octanol–water partition coefficient (Wildman–Crippen LogP) is 4.63. The molecular formula is C14H24F3NO3S. The fourth-order valence-electron chi connectivity index (χ4n) is 1.84. The summed E-state index contributed by atoms with van der Waals surface area (Å²) in [5.41, 5.74) is 0. The van der Waals surface area contributed by atoms with Gasteiger partial charge >= 0.3 is 12.5 Å². The SMILES string of the molecule is CC(=O)SCCCCCCCCCCNC(=O)OC(F)(F)F. The maximum absolute atomic E-state index is 11.7. The second-order valence-corrected chi connectivity index (χ2v) is 6.20. The van der Waals surface area contributed by atoms with Crippen molar-refractivity contribution in [2.75, 3.05) is 12.3 Å². The number of alkyl carbamates (subject to hydrolysis) is 1. The highest BCUT2D eigenvalue weighted by atomic mass is 32.2. The zero-order valence-corrected chi connectivity index (χ0v) is 13.7. The molecular weight excluding hydrogens is 319 g/mol. The highest BCUT2D eigenvalue weighted by Gasteiger charge is 2.33. The first kappa shape index (κ1) is 21.1. The molecule has 4 nitrogen and oxygen atoms in total. The minimum atomic E-state index is -4.92. The van der Waals surface area contributed by atoms with E-state index in [1.807, 2.05) is 0 Å². The first-order valence-electron chi connectivity index (χ1n) is 7.48. The molecule has 1 amide bonds. The maximum atomic E-state index is 11.7. The number of halogens is 3. The van der Waals surface area contributed by atoms with Gasteiger partial charge in [0.25, 0.3) is 0 Å². The average molecular weight is 343 g/mol. The van der Waals surface area contributed by atoms with Crippen molar-refractivity contribution >= 4 is 23.0 Å². The number of ether oxygens (including phenoxy) is 1. The Balaban J connectivity index is 3.21. The Morgan fingerprint density at radius 2 is 1.45 bits per heavy atom. The van der Waals surface area contributed by atoms with E-state index in [1.54, 1.807) is 6.92 Å². The third-order valence-corrected chi connectivity index (χ3v) is 3.75. The normalized spacial score (nSPS) is 11.3. The molecule has 22 heavy (non-hydrogen) atoms. The first-order valence-corrected chi connectivity index (χ1v) is 8.47. The molecule has 0 fully saturated rings. The van der Waals surface area contributed by atoms with Crippen LogP contribution in [-0.4, -0.2) is 29.9 Å². The summed E-state index contributed by atoms with van der Waals surface area (Å²) in [6.45, 7) is 1.76. The highest BCUT2D eigenvalue weighted by Crippen LogP contribution is 2.16. The summed E-state index contributed by atoms with van der Waals surface area (Å²) >= 11 is 1.36. The number of carbonyl (C=O) groups is 2. The van der Waals surface area contributed by atoms with Crippen LogP contribution in [0, 0.1) is 0 Å². The molecule has 0 radical (unpaired) electrons. The zero-order chi connectivity index (χ0) is 16.8. The predicted molar refractivity (Wildman–Crippen MR) is 80.6 cm³/mol. The molecule has 0 bridgehead atoms. The molecule has 0 unspecified atom stereocenters. The smallest absolute Gasteiger partial charge is 0.356 e. The Kier molecular flexibility index (Phi) is 12.1. The van der Waals surface area contributed by atoms with Crippen LogP contribution in [0.1, 0.15) is 58.3 Å². The molecule has 0 heterocycles. The molecule has 0 aromatic rings. The summed E-state index contributed by atoms with van der Waals surface area (Å²) in [7, 11) is 0. The molecule has 0 spiro atoms. The van der Waals surface area contributed by atoms with Gasteiger partial charge in [0.15, 0.2) is 5.12 Å². The largest absolute Gasteiger partial charge is 0.576 e. The van der Waals surface area contributed by atoms with Gasteiger partial charge in [0.05, 0.1) is 0 Å². The Hall–Kier alpha value is -0.920. The minimum absolute atomic E-state index is 0.160. The molecule has 130 valence electrons. The van der Waals surface area contributed by atoms with Crippen molar-refractivity contribution in [3.8, 4) is 0 Å². The quantitative estimate of drug-likeness (QED) is 0.556. The topological polar surface area (TPSA) is 55.4 Å². The van der Waals surface area contributed by atoms with E-state index in [1.165, 1.54) is 11.8 Å². The number of alkyl halides is 3. The standard InChI is InChI=1S/C14H24F3NO3S/c1-12(19)22-11-9-7-5-3-2-4-6-8-10-18-13(20)21-14(15,16)17/h2-11H2,1H3,(H,18,20). The summed E-state index contributed by atoms with van der Waals surface area (Å²) in [6.07, 6.45) is 1.63. The monoisotopic (exact) mass is 343 g/mol. The Labute approximate surface area is 133 Å². The number of amides is 1. The van der Waals surface area contributed by atoms with E-state index >= 15 is 0 Å². The number of nitrogens with one attached hydrogen (secondary N) is 1. The molecule has 1 N–H and O–H groups in total. The fraction of sp³-hybridized carbons (Fsp3) is 0.857. The molecule has 0 atom stereocenters. The molecule has 0 aliphatic rings. The fourth-order valence-corrected chi connectivity index (χ4v) is 2.47. The average Bonchev–Trinajstić information content (AvgIpc) is 2.37. The molecule has 0 saturated heterocycles. The van der Waals surface area contributed by atoms with E-state index in [0.29, 0.717) is 6.42 Å². The van der Waals surface area contributed by atoms with Crippen LogP contribution in [0.3, 0.4) is 0 Å². The second-order valence-electron chi connectivity index (χ2n) is 4.93. The molecule has 0 aliphatic carbocycles. The first-order chi connectivity index (χ1) is 10.3. The summed E-state index contributed by atoms with van der Waals surface area (Å²) in [6, 6.07) is 0. The van der Waals surface area contributed by atoms with E-state index < -0.39 is 12.5 Å². The third-order valence-electron chi connectivity index (χ3n) is 2.85. The summed E-state index contributed by atoms with van der Waals surface area (Å²) < 4.78 is 38.2. The lowest BCUT2D eigenvalue weighted by Crippen LogP contribution is -2.30. The molecule has 0 aromatic carbocycles. The summed E-state index contributed by atoms with van der Waals surface area (Å²) in [4.78, 5) is 21.4. The number of hydrogen-bond donors (Lipinski definition) is 1. The van der Waals surface area contributed by atoms with Gasteiger partial charge in [-0.3, -0.25) is 4.79 Å². The van der Waals surface area contributed by atoms with E-state index in [4.69, 9.17) is 0 Å². The van der Waals surface area contributed by atoms with Gasteiger partial charge < -0.3 is 10.1 Å². The van der Waals surface area contributed by atoms with E-state index in [9.17, 15) is 22.8 Å². The lowest BCUT2D eigenvalue weighted by Gasteiger charge is -2.08. The number of hydrogen-bond acceptors (Lipinski definition) is 4. The van der Waals surface area contributed by atoms with Gasteiger partial charge in [0.1, 0.15) is 0 Å². The van der Waals surface area contributed by atoms with Gasteiger partial charge in [-0.2, -0.15) is 0 Å². The molecule has 8 heteroatoms. The van der Waals surface area contributed by atoms with Gasteiger partial charge in [-0.1, -0.05) is 50.3 Å². The van der Waals surface area contributed by atoms with Crippen LogP contribution in [0.25, 0.3) is 0 Å². The van der Waals surface area contributed by atoms with Crippen molar-refractivity contribution in [1.29, 1.82) is 0 Å². The van der Waals surface area contributed by atoms with Crippen molar-refractivity contribution in [2.45, 2.75) is 64.7 Å². The lowest BCUT2D eigenvalue weighted by atomic mass is 10.1. The van der Waals surface area contributed by atoms with Gasteiger partial charge in [0.2, 0.25) is 0 Å². The van der Waals surface area contributed by atoms with Crippen LogP contribution < -0.4 is 5.32 Å². The van der Waals surface area contributed by atoms with Crippen molar-refractivity contribution in [2.24, 2.45) is 0 Å². The van der Waals surface area contributed by atoms with Crippen LogP contribution in [0.2, 0.25) is 0 Å². The third kappa shape index (κ3) is 17.1. The summed E-state index contributed by atoms with van der Waals surface area (Å²) in [5.74, 6) is 0.884. The Morgan fingerprint density at radius 3 is 1.95 bits per heavy atom. The van der Waals surface area contributed by atoms with Gasteiger partial charge in [-0.15, -0.1) is 13.2 Å². The molecule has 0 rings (SSSR count). The Morgan fingerprint density at radius 1 is 0.955 bits per heavy atom. The summed E-state index contributed by atoms with van der Waals surface area (Å²) in [5, 5.41) is 2.22. The van der Waals surface area contributed by atoms with Gasteiger partial charge in [-0.25, -0.2) is 4.79 Å². The van der Waals surface area contributed by atoms with Crippen molar-refractivity contribution in [1.82, 2.24) is 5.32 Å². The van der Waals surface area contributed by atoms with Crippen LogP contribution in [-0.2, 0) is 9.53 Å². The number of rotatable bonds is 11. The van der Waals surface area contributed by atoms with Crippen LogP contribution in [0.4, 0.5) is 18.0 Å². The number of thioether (sulfide) groups is 1. The number of carbonyl (C=O) groups excluding carboxylic acids is 2. The number of unbranched alkanes of at least 4 members (excludes halogenated alkanes) is 7. The van der Waals surface area contributed by atoms with E-state index in [-0.39, 0.29) is 11.7 Å². The Bertz CT molecular complexity index is 325. The van der Waals surface area contributed by atoms with Crippen molar-refractivity contribution in [3.63, 3.8) is 0 Å². The second kappa shape index (κ2) is 12.6. The van der Waals surface area contributed by atoms with Crippen LogP contribution >= 0.6 is 11.8 Å². The van der Waals surface area contributed by atoms with E-state index in [2.05, 4.69) is 10.1 Å². The van der Waals surface area contributed by atoms with Gasteiger partial charge in [0, 0.05) is 19.2 Å². The van der Waals surface area contributed by atoms with Crippen LogP contribution in [0.15, 0.2) is 0 Å². The van der Waals surface area contributed by atoms with Crippen molar-refractivity contribution < 1.29 is 27.5 Å². The maximum Gasteiger partial charge on any atom is 0.576 e.